The summed E-state index contributed by atoms with van der Waals surface area (Å²) < 4.78 is 40.1. The Labute approximate surface area is 114 Å². The molecule has 19 heavy (non-hydrogen) atoms. The summed E-state index contributed by atoms with van der Waals surface area (Å²) in [6, 6.07) is 6.69. The maximum absolute atomic E-state index is 13.6. The van der Waals surface area contributed by atoms with Crippen molar-refractivity contribution in [2.45, 2.75) is 50.2 Å². The van der Waals surface area contributed by atoms with E-state index in [0.29, 0.717) is 12.8 Å². The van der Waals surface area contributed by atoms with Gasteiger partial charge in [-0.2, -0.15) is 4.31 Å². The van der Waals surface area contributed by atoms with Crippen LogP contribution in [0.1, 0.15) is 32.3 Å². The van der Waals surface area contributed by atoms with E-state index in [1.165, 1.54) is 4.31 Å². The molecule has 1 heterocycles. The normalized spacial score (nSPS) is 24.3. The Bertz CT molecular complexity index is 551. The van der Waals surface area contributed by atoms with Gasteiger partial charge in [0.2, 0.25) is 10.0 Å². The number of alkyl halides is 1. The van der Waals surface area contributed by atoms with Gasteiger partial charge in [0, 0.05) is 12.1 Å². The van der Waals surface area contributed by atoms with E-state index in [9.17, 15) is 12.8 Å². The molecule has 5 heteroatoms. The Morgan fingerprint density at radius 3 is 2.42 bits per heavy atom. The molecule has 1 aliphatic heterocycles. The Morgan fingerprint density at radius 1 is 1.26 bits per heavy atom. The highest BCUT2D eigenvalue weighted by molar-refractivity contribution is 7.89. The van der Waals surface area contributed by atoms with Gasteiger partial charge in [-0.15, -0.1) is 0 Å². The molecule has 106 valence electrons. The molecule has 0 radical (unpaired) electrons. The first kappa shape index (κ1) is 14.5. The van der Waals surface area contributed by atoms with E-state index in [2.05, 4.69) is 0 Å². The van der Waals surface area contributed by atoms with E-state index >= 15 is 0 Å². The molecule has 1 aromatic rings. The van der Waals surface area contributed by atoms with Gasteiger partial charge in [-0.05, 0) is 45.7 Å². The van der Waals surface area contributed by atoms with Crippen LogP contribution in [0.3, 0.4) is 0 Å². The molecule has 0 aromatic heterocycles. The molecule has 0 unspecified atom stereocenters. The molecule has 0 aliphatic carbocycles. The van der Waals surface area contributed by atoms with Gasteiger partial charge in [0.15, 0.2) is 0 Å². The molecule has 0 N–H and O–H groups in total. The van der Waals surface area contributed by atoms with E-state index < -0.39 is 21.7 Å². The highest BCUT2D eigenvalue weighted by atomic mass is 32.2. The van der Waals surface area contributed by atoms with Gasteiger partial charge in [0.1, 0.15) is 6.17 Å². The second-order valence-corrected chi connectivity index (χ2v) is 7.66. The summed E-state index contributed by atoms with van der Waals surface area (Å²) in [5.74, 6) is 0. The van der Waals surface area contributed by atoms with E-state index in [1.807, 2.05) is 20.8 Å². The monoisotopic (exact) mass is 285 g/mol. The van der Waals surface area contributed by atoms with Crippen LogP contribution in [0.5, 0.6) is 0 Å². The van der Waals surface area contributed by atoms with Crippen molar-refractivity contribution < 1.29 is 12.8 Å². The lowest BCUT2D eigenvalue weighted by Gasteiger charge is -2.42. The van der Waals surface area contributed by atoms with Crippen LogP contribution in [0.25, 0.3) is 0 Å². The quantitative estimate of drug-likeness (QED) is 0.838. The maximum atomic E-state index is 13.6. The summed E-state index contributed by atoms with van der Waals surface area (Å²) in [7, 11) is -3.63. The van der Waals surface area contributed by atoms with Gasteiger partial charge in [-0.25, -0.2) is 12.8 Å². The number of hydrogen-bond donors (Lipinski definition) is 0. The Balaban J connectivity index is 2.40. The van der Waals surface area contributed by atoms with Crippen LogP contribution in [0.2, 0.25) is 0 Å². The molecule has 1 aromatic carbocycles. The standard InChI is InChI=1S/C14H20FNO2S/c1-11-4-6-13(7-5-11)19(17,18)16-10-12(15)8-9-14(16,2)3/h4-7,12H,8-10H2,1-3H3/t12-/m0/s1. The topological polar surface area (TPSA) is 37.4 Å². The van der Waals surface area contributed by atoms with Gasteiger partial charge < -0.3 is 0 Å². The highest BCUT2D eigenvalue weighted by Gasteiger charge is 2.42. The average Bonchev–Trinajstić information content (AvgIpc) is 2.33. The van der Waals surface area contributed by atoms with Crippen LogP contribution in [0.15, 0.2) is 29.2 Å². The third kappa shape index (κ3) is 2.82. The van der Waals surface area contributed by atoms with Crippen molar-refractivity contribution in [1.29, 1.82) is 0 Å². The third-order valence-corrected chi connectivity index (χ3v) is 5.81. The zero-order chi connectivity index (χ0) is 14.3. The average molecular weight is 285 g/mol. The molecular weight excluding hydrogens is 265 g/mol. The van der Waals surface area contributed by atoms with Crippen LogP contribution in [-0.4, -0.2) is 31.0 Å². The van der Waals surface area contributed by atoms with Gasteiger partial charge in [0.05, 0.1) is 4.90 Å². The van der Waals surface area contributed by atoms with Crippen LogP contribution < -0.4 is 0 Å². The molecule has 1 aliphatic rings. The van der Waals surface area contributed by atoms with Crippen molar-refractivity contribution >= 4 is 10.0 Å². The zero-order valence-corrected chi connectivity index (χ0v) is 12.4. The lowest BCUT2D eigenvalue weighted by molar-refractivity contribution is 0.102. The van der Waals surface area contributed by atoms with Crippen molar-refractivity contribution in [1.82, 2.24) is 4.31 Å². The van der Waals surface area contributed by atoms with Gasteiger partial charge in [-0.3, -0.25) is 0 Å². The van der Waals surface area contributed by atoms with Crippen LogP contribution in [-0.2, 0) is 10.0 Å². The van der Waals surface area contributed by atoms with Crippen molar-refractivity contribution in [2.24, 2.45) is 0 Å². The third-order valence-electron chi connectivity index (χ3n) is 3.72. The summed E-state index contributed by atoms with van der Waals surface area (Å²) in [6.07, 6.45) is -0.111. The van der Waals surface area contributed by atoms with E-state index in [-0.39, 0.29) is 11.4 Å². The zero-order valence-electron chi connectivity index (χ0n) is 11.6. The van der Waals surface area contributed by atoms with Crippen LogP contribution in [0.4, 0.5) is 4.39 Å². The fraction of sp³-hybridized carbons (Fsp3) is 0.571. The fourth-order valence-corrected chi connectivity index (χ4v) is 4.25. The van der Waals surface area contributed by atoms with E-state index in [4.69, 9.17) is 0 Å². The van der Waals surface area contributed by atoms with Gasteiger partial charge >= 0.3 is 0 Å². The number of sulfonamides is 1. The summed E-state index contributed by atoms with van der Waals surface area (Å²) in [6.45, 7) is 5.55. The number of rotatable bonds is 2. The maximum Gasteiger partial charge on any atom is 0.243 e. The summed E-state index contributed by atoms with van der Waals surface area (Å²) in [4.78, 5) is 0.236. The summed E-state index contributed by atoms with van der Waals surface area (Å²) in [5, 5.41) is 0. The predicted octanol–water partition coefficient (Wildman–Crippen LogP) is 2.90. The van der Waals surface area contributed by atoms with E-state index in [0.717, 1.165) is 5.56 Å². The first-order valence-corrected chi connectivity index (χ1v) is 7.91. The lowest BCUT2D eigenvalue weighted by atomic mass is 9.92. The molecule has 1 saturated heterocycles. The highest BCUT2D eigenvalue weighted by Crippen LogP contribution is 2.33. The minimum atomic E-state index is -3.63. The fourth-order valence-electron chi connectivity index (χ4n) is 2.41. The second-order valence-electron chi connectivity index (χ2n) is 5.80. The molecule has 0 bridgehead atoms. The Morgan fingerprint density at radius 2 is 1.84 bits per heavy atom. The van der Waals surface area contributed by atoms with Crippen molar-refractivity contribution in [3.8, 4) is 0 Å². The van der Waals surface area contributed by atoms with Crippen molar-refractivity contribution in [3.05, 3.63) is 29.8 Å². The largest absolute Gasteiger partial charge is 0.246 e. The molecule has 1 atom stereocenters. The smallest absolute Gasteiger partial charge is 0.243 e. The lowest BCUT2D eigenvalue weighted by Crippen LogP contribution is -2.53. The van der Waals surface area contributed by atoms with Gasteiger partial charge in [-0.1, -0.05) is 17.7 Å². The number of hydrogen-bond acceptors (Lipinski definition) is 2. The second kappa shape index (κ2) is 4.87. The summed E-state index contributed by atoms with van der Waals surface area (Å²) in [5.41, 5.74) is 0.465. The SMILES string of the molecule is Cc1ccc(S(=O)(=O)N2C[C@@H](F)CCC2(C)C)cc1. The first-order chi connectivity index (χ1) is 8.73. The molecule has 3 nitrogen and oxygen atoms in total. The molecule has 0 spiro atoms. The molecular formula is C14H20FNO2S. The number of nitrogens with zero attached hydrogens (tertiary/aromatic N) is 1. The first-order valence-electron chi connectivity index (χ1n) is 6.47. The number of benzene rings is 1. The Kier molecular flexibility index (Phi) is 3.71. The molecule has 2 rings (SSSR count). The minimum Gasteiger partial charge on any atom is -0.246 e. The predicted molar refractivity (Wildman–Crippen MR) is 73.3 cm³/mol. The minimum absolute atomic E-state index is 0.0524. The number of halogens is 1. The number of piperidine rings is 1. The number of aryl methyl sites for hydroxylation is 1. The Hall–Kier alpha value is -0.940. The van der Waals surface area contributed by atoms with Crippen molar-refractivity contribution in [3.63, 3.8) is 0 Å². The van der Waals surface area contributed by atoms with Crippen LogP contribution in [0, 0.1) is 6.92 Å². The summed E-state index contributed by atoms with van der Waals surface area (Å²) >= 11 is 0. The van der Waals surface area contributed by atoms with E-state index in [1.54, 1.807) is 24.3 Å². The van der Waals surface area contributed by atoms with Crippen LogP contribution >= 0.6 is 0 Å². The molecule has 1 fully saturated rings. The van der Waals surface area contributed by atoms with Crippen molar-refractivity contribution in [2.75, 3.05) is 6.54 Å². The molecule has 0 amide bonds. The molecule has 0 saturated carbocycles. The van der Waals surface area contributed by atoms with Gasteiger partial charge in [0.25, 0.3) is 0 Å².